The fraction of sp³-hybridized carbons (Fsp3) is 0.511. The minimum absolute atomic E-state index is 0.0371. The maximum Gasteiger partial charge on any atom is 0.327 e. The summed E-state index contributed by atoms with van der Waals surface area (Å²) < 4.78 is 0. The minimum Gasteiger partial charge on any atom is -0.481 e. The number of H-pyrrole nitrogens is 2. The molecule has 0 saturated carbocycles. The monoisotopic (exact) mass is 2070 g/mol. The van der Waals surface area contributed by atoms with Gasteiger partial charge in [0.05, 0.1) is 43.1 Å². The van der Waals surface area contributed by atoms with E-state index in [1.807, 2.05) is 0 Å². The van der Waals surface area contributed by atoms with Crippen LogP contribution in [0.5, 0.6) is 0 Å². The van der Waals surface area contributed by atoms with Crippen molar-refractivity contribution in [2.45, 2.75) is 233 Å². The Kier molecular flexibility index (Phi) is 38.6. The molecule has 3 bridgehead atoms. The number of carbonyl (C=O) groups is 22. The van der Waals surface area contributed by atoms with Gasteiger partial charge in [-0.2, -0.15) is 23.5 Å². The summed E-state index contributed by atoms with van der Waals surface area (Å²) in [7, 11) is 1.33. The molecule has 50 heteroatoms. The van der Waals surface area contributed by atoms with Crippen molar-refractivity contribution in [1.82, 2.24) is 99.9 Å². The number of hydrogen-bond donors (Lipinski definition) is 23. The molecule has 46 nitrogen and oxygen atoms in total. The first-order valence-electron chi connectivity index (χ1n) is 46.9. The fourth-order valence-electron chi connectivity index (χ4n) is 17.5. The summed E-state index contributed by atoms with van der Waals surface area (Å²) in [6.07, 6.45) is -4.73. The van der Waals surface area contributed by atoms with Gasteiger partial charge in [0, 0.05) is 126 Å². The number of aromatic nitrogens is 2. The molecule has 144 heavy (non-hydrogen) atoms. The quantitative estimate of drug-likeness (QED) is 0.0292. The Morgan fingerprint density at radius 1 is 0.514 bits per heavy atom. The number of Topliss-reactive ketones (excluding diaryl/α,β-unsaturated/α-hetero) is 2. The van der Waals surface area contributed by atoms with Crippen LogP contribution in [0, 0.1) is 17.8 Å². The van der Waals surface area contributed by atoms with Crippen molar-refractivity contribution in [3.8, 4) is 0 Å². The van der Waals surface area contributed by atoms with Crippen molar-refractivity contribution in [2.24, 2.45) is 29.2 Å². The number of aliphatic hydroxyl groups excluding tert-OH is 1. The standard InChI is InChI=1S/C94H121N21O25S4/c1-8-49-30-68(117)59(27-48-17-10-9-11-18-48)102-86(133)67-23-16-26-115(67)89(136)74(45(4)5)110-83(130)61(29-51-36-98-57-22-15-13-20-54(51)57)109-91(139)94-34-63(84(131)111-75(47(7)116)87(134)99-37-71(120)113-94)105-78(125)52(38-143-144-41-66(90(137)138)108-85(132)65(40-142-43-94)107-77(49)124)31-69(118)64-39-141-42-93(33-55(95)79(126)103-62(32-70(96)119)81(128)100-46(6)76(123)114-93)92(140)112-73(44(2)3)88(135)104-60(28-50-35-97-56-21-14-12-19-53(50)56)82(129)101-58(80(127)106-64)24-25-72(121)122/h8-15,17-22,35-36,44-47,52,55,58-67,73-75,97-98,116H,16,23-34,37-43,95H2,1-7H3,(H2,96,119)(H,99,134)(H,100,128)(H,101,129)(H,102,133)(H,103,126)(H,104,135)(H,105,125)(H,106,127)(H,107,124)(H,108,132)(H,109,139)(H,110,130)(H,111,131)(H,112,140)(H,113,120)(H,114,123)(H,121,122)(H,137,138)/b49-8+/t46-,47+,52?,55?,58-,59-,60-,61-,62-,63?,64?,65?,66-,67-,73-,74-,75-,93?,94?/m0/s1. The Morgan fingerprint density at radius 2 is 1.07 bits per heavy atom. The number of aliphatic hydroxyl groups is 1. The number of benzene rings is 3. The van der Waals surface area contributed by atoms with Crippen LogP contribution in [0.4, 0.5) is 0 Å². The van der Waals surface area contributed by atoms with Crippen molar-refractivity contribution in [3.63, 3.8) is 0 Å². The highest BCUT2D eigenvalue weighted by molar-refractivity contribution is 8.76. The molecule has 18 amide bonds. The fourth-order valence-corrected chi connectivity index (χ4v) is 22.5. The van der Waals surface area contributed by atoms with Crippen LogP contribution >= 0.6 is 45.1 Å². The molecule has 0 radical (unpaired) electrons. The molecule has 8 heterocycles. The van der Waals surface area contributed by atoms with E-state index in [9.17, 15) is 53.7 Å². The van der Waals surface area contributed by atoms with E-state index < -0.39 is 348 Å². The first-order chi connectivity index (χ1) is 68.3. The van der Waals surface area contributed by atoms with Gasteiger partial charge in [0.1, 0.15) is 83.6 Å². The molecule has 0 aliphatic carbocycles. The van der Waals surface area contributed by atoms with Crippen LogP contribution < -0.4 is 96.5 Å². The van der Waals surface area contributed by atoms with E-state index >= 15 is 67.1 Å². The van der Waals surface area contributed by atoms with Gasteiger partial charge in [-0.05, 0) is 87.1 Å². The molecule has 11 rings (SSSR count). The Balaban J connectivity index is 1.06. The highest BCUT2D eigenvalue weighted by Gasteiger charge is 2.52. The summed E-state index contributed by atoms with van der Waals surface area (Å²) in [4.78, 5) is 338. The molecule has 6 aliphatic rings. The number of thioether (sulfide) groups is 2. The van der Waals surface area contributed by atoms with Crippen molar-refractivity contribution < 1.29 is 121 Å². The van der Waals surface area contributed by atoms with Crippen molar-refractivity contribution in [1.29, 1.82) is 0 Å². The molecule has 25 N–H and O–H groups in total. The van der Waals surface area contributed by atoms with Crippen LogP contribution in [-0.2, 0) is 125 Å². The molecule has 6 aliphatic heterocycles. The Bertz CT molecular complexity index is 5780. The summed E-state index contributed by atoms with van der Waals surface area (Å²) in [5, 5.41) is 74.7. The molecule has 2 aromatic heterocycles. The highest BCUT2D eigenvalue weighted by atomic mass is 33.1. The third kappa shape index (κ3) is 28.8. The van der Waals surface area contributed by atoms with Crippen LogP contribution in [0.3, 0.4) is 0 Å². The van der Waals surface area contributed by atoms with Crippen LogP contribution in [0.1, 0.15) is 123 Å². The molecular formula is C94H121N21O25S4. The van der Waals surface area contributed by atoms with Crippen LogP contribution in [0.25, 0.3) is 21.8 Å². The summed E-state index contributed by atoms with van der Waals surface area (Å²) in [5.74, 6) is -34.4. The number of para-hydroxylation sites is 2. The van der Waals surface area contributed by atoms with Gasteiger partial charge in [-0.15, -0.1) is 0 Å². The van der Waals surface area contributed by atoms with Gasteiger partial charge in [-0.3, -0.25) is 101 Å². The van der Waals surface area contributed by atoms with Gasteiger partial charge >= 0.3 is 11.9 Å². The van der Waals surface area contributed by atoms with E-state index in [1.54, 1.807) is 92.7 Å². The average Bonchev–Trinajstić information content (AvgIpc) is 1.01. The zero-order valence-corrected chi connectivity index (χ0v) is 83.2. The van der Waals surface area contributed by atoms with Crippen molar-refractivity contribution >= 4 is 197 Å². The van der Waals surface area contributed by atoms with Crippen LogP contribution in [0.2, 0.25) is 0 Å². The van der Waals surface area contributed by atoms with Gasteiger partial charge < -0.3 is 127 Å². The summed E-state index contributed by atoms with van der Waals surface area (Å²) in [6.45, 7) is 8.69. The zero-order valence-electron chi connectivity index (χ0n) is 79.9. The minimum atomic E-state index is -2.86. The molecule has 19 atom stereocenters. The summed E-state index contributed by atoms with van der Waals surface area (Å²) in [5.41, 5.74) is 8.83. The molecule has 3 aromatic carbocycles. The third-order valence-corrected chi connectivity index (χ3v) is 30.6. The lowest BCUT2D eigenvalue weighted by molar-refractivity contribution is -0.143. The summed E-state index contributed by atoms with van der Waals surface area (Å²) in [6, 6.07) is -5.11. The summed E-state index contributed by atoms with van der Waals surface area (Å²) >= 11 is 1.12. The Hall–Kier alpha value is -13.5. The second-order valence-corrected chi connectivity index (χ2v) is 41.8. The number of fused-ring (bicyclic) bond motifs is 7. The van der Waals surface area contributed by atoms with Crippen molar-refractivity contribution in [3.05, 3.63) is 120 Å². The number of aromatic amines is 2. The highest BCUT2D eigenvalue weighted by Crippen LogP contribution is 2.33. The molecule has 6 saturated heterocycles. The van der Waals surface area contributed by atoms with E-state index in [4.69, 9.17) is 11.5 Å². The number of carboxylic acids is 2. The lowest BCUT2D eigenvalue weighted by atomic mass is 9.89. The number of nitrogens with one attached hydrogen (secondary N) is 18. The van der Waals surface area contributed by atoms with E-state index in [2.05, 4.69) is 95.0 Å². The Morgan fingerprint density at radius 3 is 1.69 bits per heavy atom. The maximum atomic E-state index is 16.8. The lowest BCUT2D eigenvalue weighted by Crippen LogP contribution is -2.68. The van der Waals surface area contributed by atoms with Gasteiger partial charge in [0.15, 0.2) is 11.6 Å². The molecule has 6 fully saturated rings. The zero-order chi connectivity index (χ0) is 105. The SMILES string of the molecule is C/C=C1\CC(=O)[C@H](Cc2ccccc2)NC(=O)[C@@H]2CCCN2C(=O)[C@H](C(C)C)NC(=O)[C@H](Cc2c[nH]c3ccccc23)NC(=O)C23CSCC(NC1=O)C(=O)N[C@H](C(=O)O)CSSCC(CC(=O)C1CSCC4(CC(N)C(=O)N[C@@H](CC(N)=O)C(=O)N[C@@H](C)C(=O)N4)C(=O)N[C@@H](C(C)C)C(=O)N[C@@H](Cc4c[nH]c5ccccc45)C(=O)N[C@@H](CCC(=O)O)C(=O)N1)C(=O)NC(C2)C(=O)N[C@@H]([C@@H](C)O)C(=O)NCC(=O)N3. The number of aliphatic carboxylic acids is 2. The number of nitrogens with zero attached hydrogens (tertiary/aromatic N) is 1. The number of carbonyl (C=O) groups excluding carboxylic acids is 20. The number of ketones is 2. The molecule has 7 unspecified atom stereocenters. The molecule has 2 spiro atoms. The van der Waals surface area contributed by atoms with E-state index in [0.717, 1.165) is 13.8 Å². The topological polar surface area (TPSA) is 716 Å². The second-order valence-electron chi connectivity index (χ2n) is 37.2. The number of nitrogens with two attached hydrogens (primary N) is 2. The van der Waals surface area contributed by atoms with Crippen LogP contribution in [-0.4, -0.2) is 315 Å². The number of hydrogen-bond acceptors (Lipinski definition) is 28. The molecule has 776 valence electrons. The predicted molar refractivity (Wildman–Crippen MR) is 527 cm³/mol. The first-order valence-corrected chi connectivity index (χ1v) is 51.7. The van der Waals surface area contributed by atoms with Gasteiger partial charge in [0.25, 0.3) is 0 Å². The smallest absolute Gasteiger partial charge is 0.327 e. The lowest BCUT2D eigenvalue weighted by Gasteiger charge is -2.38. The van der Waals surface area contributed by atoms with Crippen LogP contribution in [0.15, 0.2) is 103 Å². The number of carboxylic acid groups (broad SMARTS) is 2. The van der Waals surface area contributed by atoms with Gasteiger partial charge in [-0.25, -0.2) is 4.79 Å². The largest absolute Gasteiger partial charge is 0.481 e. The normalized spacial score (nSPS) is 28.8. The van der Waals surface area contributed by atoms with Gasteiger partial charge in [-0.1, -0.05) is 122 Å². The number of primary amides is 1. The average molecular weight is 2070 g/mol. The first kappa shape index (κ1) is 111. The Labute approximate surface area is 842 Å². The van der Waals surface area contributed by atoms with E-state index in [0.29, 0.717) is 83.6 Å². The maximum absolute atomic E-state index is 16.8. The third-order valence-electron chi connectivity index (χ3n) is 25.6. The number of amides is 18. The number of allylic oxidation sites excluding steroid dienone is 1. The molecular weight excluding hydrogens is 1950 g/mol. The van der Waals surface area contributed by atoms with E-state index in [1.165, 1.54) is 44.1 Å². The van der Waals surface area contributed by atoms with E-state index in [-0.39, 0.29) is 37.8 Å². The number of rotatable bonds is 18. The van der Waals surface area contributed by atoms with Crippen molar-refractivity contribution in [2.75, 3.05) is 47.6 Å². The predicted octanol–water partition coefficient (Wildman–Crippen LogP) is -4.16. The molecule has 5 aromatic rings. The van der Waals surface area contributed by atoms with Gasteiger partial charge in [0.2, 0.25) is 106 Å². The second kappa shape index (κ2) is 50.2.